The number of hydrogen-bond acceptors (Lipinski definition) is 3. The number of carbonyl (C=O) groups is 2. The maximum Gasteiger partial charge on any atom is 0.392 e. The number of fused-ring (bicyclic) bond motifs is 1. The van der Waals surface area contributed by atoms with Gasteiger partial charge >= 0.3 is 12.2 Å². The van der Waals surface area contributed by atoms with E-state index in [0.717, 1.165) is 16.5 Å². The van der Waals surface area contributed by atoms with Crippen LogP contribution < -0.4 is 16.0 Å². The number of benzene rings is 1. The van der Waals surface area contributed by atoms with Gasteiger partial charge < -0.3 is 16.0 Å². The summed E-state index contributed by atoms with van der Waals surface area (Å²) in [5.41, 5.74) is 2.74. The molecule has 166 valence electrons. The first-order chi connectivity index (χ1) is 14.8. The standard InChI is InChI=1S/C22H25F3N4O2/c1-26-21(31)28-11-3-10-27-20(30)16-12-15-4-2-5-18(19(15)29-13-16)14-6-8-17(9-7-14)22(23,24)25/h2,4-6,12-13,17H,3,7-11H2,1H3,(H,27,30)(H2,26,28,31). The van der Waals surface area contributed by atoms with Crippen LogP contribution in [0.4, 0.5) is 18.0 Å². The first-order valence-corrected chi connectivity index (χ1v) is 10.2. The van der Waals surface area contributed by atoms with E-state index in [1.54, 1.807) is 12.1 Å². The van der Waals surface area contributed by atoms with Crippen LogP contribution in [0.3, 0.4) is 0 Å². The number of halogens is 3. The molecule has 6 nitrogen and oxygen atoms in total. The number of rotatable bonds is 6. The van der Waals surface area contributed by atoms with Crippen molar-refractivity contribution in [3.63, 3.8) is 0 Å². The average molecular weight is 434 g/mol. The Bertz CT molecular complexity index is 988. The molecular formula is C22H25F3N4O2. The van der Waals surface area contributed by atoms with E-state index in [1.165, 1.54) is 13.2 Å². The van der Waals surface area contributed by atoms with Crippen LogP contribution in [0, 0.1) is 5.92 Å². The predicted molar refractivity (Wildman–Crippen MR) is 113 cm³/mol. The van der Waals surface area contributed by atoms with Gasteiger partial charge in [-0.05, 0) is 37.3 Å². The summed E-state index contributed by atoms with van der Waals surface area (Å²) in [6, 6.07) is 6.96. The van der Waals surface area contributed by atoms with Crippen molar-refractivity contribution in [3.8, 4) is 0 Å². The van der Waals surface area contributed by atoms with E-state index in [0.29, 0.717) is 37.0 Å². The number of aromatic nitrogens is 1. The Labute approximate surface area is 178 Å². The van der Waals surface area contributed by atoms with Crippen molar-refractivity contribution in [2.24, 2.45) is 5.92 Å². The highest BCUT2D eigenvalue weighted by Crippen LogP contribution is 2.40. The number of amides is 3. The van der Waals surface area contributed by atoms with Crippen molar-refractivity contribution in [1.82, 2.24) is 20.9 Å². The van der Waals surface area contributed by atoms with Crippen LogP contribution in [0.15, 0.2) is 36.5 Å². The highest BCUT2D eigenvalue weighted by molar-refractivity contribution is 5.99. The first-order valence-electron chi connectivity index (χ1n) is 10.2. The molecule has 2 aromatic rings. The predicted octanol–water partition coefficient (Wildman–Crippen LogP) is 4.03. The second-order valence-electron chi connectivity index (χ2n) is 7.46. The van der Waals surface area contributed by atoms with Crippen molar-refractivity contribution >= 4 is 28.4 Å². The smallest absolute Gasteiger partial charge is 0.352 e. The molecule has 0 aliphatic heterocycles. The lowest BCUT2D eigenvalue weighted by Crippen LogP contribution is -2.35. The molecule has 1 atom stereocenters. The monoisotopic (exact) mass is 434 g/mol. The SMILES string of the molecule is CNC(=O)NCCCNC(=O)c1cnc2c(C3=CCC(C(F)(F)F)CC3)cccc2c1. The van der Waals surface area contributed by atoms with E-state index in [9.17, 15) is 22.8 Å². The van der Waals surface area contributed by atoms with Crippen molar-refractivity contribution in [3.05, 3.63) is 47.7 Å². The van der Waals surface area contributed by atoms with Crippen LogP contribution in [0.2, 0.25) is 0 Å². The van der Waals surface area contributed by atoms with Crippen molar-refractivity contribution in [2.45, 2.75) is 31.9 Å². The Balaban J connectivity index is 1.67. The van der Waals surface area contributed by atoms with Gasteiger partial charge in [-0.2, -0.15) is 13.2 Å². The van der Waals surface area contributed by atoms with Gasteiger partial charge in [0.1, 0.15) is 0 Å². The highest BCUT2D eigenvalue weighted by Gasteiger charge is 2.39. The lowest BCUT2D eigenvalue weighted by Gasteiger charge is -2.24. The third-order valence-electron chi connectivity index (χ3n) is 5.34. The number of urea groups is 1. The van der Waals surface area contributed by atoms with E-state index in [4.69, 9.17) is 0 Å². The van der Waals surface area contributed by atoms with Crippen molar-refractivity contribution in [2.75, 3.05) is 20.1 Å². The molecule has 1 heterocycles. The minimum Gasteiger partial charge on any atom is -0.352 e. The van der Waals surface area contributed by atoms with Gasteiger partial charge in [0.15, 0.2) is 0 Å². The van der Waals surface area contributed by atoms with Gasteiger partial charge in [-0.25, -0.2) is 4.79 Å². The Morgan fingerprint density at radius 2 is 1.97 bits per heavy atom. The molecule has 0 radical (unpaired) electrons. The minimum atomic E-state index is -4.17. The summed E-state index contributed by atoms with van der Waals surface area (Å²) >= 11 is 0. The molecule has 0 bridgehead atoms. The topological polar surface area (TPSA) is 83.1 Å². The lowest BCUT2D eigenvalue weighted by molar-refractivity contribution is -0.175. The number of para-hydroxylation sites is 1. The number of hydrogen-bond donors (Lipinski definition) is 3. The number of alkyl halides is 3. The summed E-state index contributed by atoms with van der Waals surface area (Å²) in [5, 5.41) is 8.62. The number of pyridine rings is 1. The molecular weight excluding hydrogens is 409 g/mol. The third kappa shape index (κ3) is 5.74. The second kappa shape index (κ2) is 9.80. The molecule has 9 heteroatoms. The maximum atomic E-state index is 12.9. The zero-order valence-electron chi connectivity index (χ0n) is 17.2. The van der Waals surface area contributed by atoms with E-state index >= 15 is 0 Å². The molecule has 3 rings (SSSR count). The van der Waals surface area contributed by atoms with Gasteiger partial charge in [-0.3, -0.25) is 9.78 Å². The summed E-state index contributed by atoms with van der Waals surface area (Å²) in [7, 11) is 1.53. The molecule has 0 saturated carbocycles. The Kier molecular flexibility index (Phi) is 7.14. The van der Waals surface area contributed by atoms with E-state index in [1.807, 2.05) is 18.2 Å². The average Bonchev–Trinajstić information content (AvgIpc) is 2.77. The number of nitrogens with one attached hydrogen (secondary N) is 3. The summed E-state index contributed by atoms with van der Waals surface area (Å²) in [6.07, 6.45) is -0.0582. The third-order valence-corrected chi connectivity index (χ3v) is 5.34. The second-order valence-corrected chi connectivity index (χ2v) is 7.46. The quantitative estimate of drug-likeness (QED) is 0.601. The van der Waals surface area contributed by atoms with Crippen LogP contribution in [0.5, 0.6) is 0 Å². The van der Waals surface area contributed by atoms with Crippen LogP contribution in [-0.4, -0.2) is 43.2 Å². The lowest BCUT2D eigenvalue weighted by atomic mass is 9.85. The largest absolute Gasteiger partial charge is 0.392 e. The van der Waals surface area contributed by atoms with Crippen LogP contribution >= 0.6 is 0 Å². The normalized spacial score (nSPS) is 16.5. The molecule has 3 amide bonds. The zero-order chi connectivity index (χ0) is 22.4. The molecule has 31 heavy (non-hydrogen) atoms. The first kappa shape index (κ1) is 22.6. The molecule has 3 N–H and O–H groups in total. The summed E-state index contributed by atoms with van der Waals surface area (Å²) in [5.74, 6) is -1.56. The summed E-state index contributed by atoms with van der Waals surface area (Å²) in [4.78, 5) is 27.9. The van der Waals surface area contributed by atoms with Gasteiger partial charge in [0.2, 0.25) is 0 Å². The molecule has 0 spiro atoms. The molecule has 1 aromatic carbocycles. The van der Waals surface area contributed by atoms with E-state index in [-0.39, 0.29) is 24.8 Å². The molecule has 1 aliphatic rings. The van der Waals surface area contributed by atoms with Gasteiger partial charge in [-0.15, -0.1) is 0 Å². The highest BCUT2D eigenvalue weighted by atomic mass is 19.4. The summed E-state index contributed by atoms with van der Waals surface area (Å²) < 4.78 is 38.8. The summed E-state index contributed by atoms with van der Waals surface area (Å²) in [6.45, 7) is 0.831. The fourth-order valence-corrected chi connectivity index (χ4v) is 3.60. The minimum absolute atomic E-state index is 0.0233. The fourth-order valence-electron chi connectivity index (χ4n) is 3.60. The van der Waals surface area contributed by atoms with Crippen molar-refractivity contribution in [1.29, 1.82) is 0 Å². The van der Waals surface area contributed by atoms with E-state index < -0.39 is 12.1 Å². The number of nitrogens with zero attached hydrogens (tertiary/aromatic N) is 1. The number of carbonyl (C=O) groups excluding carboxylic acids is 2. The molecule has 1 unspecified atom stereocenters. The van der Waals surface area contributed by atoms with Gasteiger partial charge in [0.25, 0.3) is 5.91 Å². The van der Waals surface area contributed by atoms with Crippen LogP contribution in [-0.2, 0) is 0 Å². The van der Waals surface area contributed by atoms with E-state index in [2.05, 4.69) is 20.9 Å². The Hall–Kier alpha value is -3.10. The Morgan fingerprint density at radius 3 is 2.65 bits per heavy atom. The van der Waals surface area contributed by atoms with Crippen LogP contribution in [0.25, 0.3) is 16.5 Å². The zero-order valence-corrected chi connectivity index (χ0v) is 17.2. The van der Waals surface area contributed by atoms with Gasteiger partial charge in [0.05, 0.1) is 17.0 Å². The van der Waals surface area contributed by atoms with Crippen molar-refractivity contribution < 1.29 is 22.8 Å². The van der Waals surface area contributed by atoms with Gasteiger partial charge in [0, 0.05) is 37.3 Å². The molecule has 1 aromatic heterocycles. The molecule has 0 saturated heterocycles. The fraction of sp³-hybridized carbons (Fsp3) is 0.409. The molecule has 1 aliphatic carbocycles. The van der Waals surface area contributed by atoms with Gasteiger partial charge in [-0.1, -0.05) is 24.3 Å². The van der Waals surface area contributed by atoms with Crippen LogP contribution in [0.1, 0.15) is 41.6 Å². The molecule has 0 fully saturated rings. The Morgan fingerprint density at radius 1 is 1.19 bits per heavy atom. The maximum absolute atomic E-state index is 12.9. The number of allylic oxidation sites excluding steroid dienone is 2.